The lowest BCUT2D eigenvalue weighted by molar-refractivity contribution is 0.0618. The van der Waals surface area contributed by atoms with E-state index in [1.165, 1.54) is 12.8 Å². The molecule has 1 aliphatic rings. The Labute approximate surface area is 96.0 Å². The highest BCUT2D eigenvalue weighted by Crippen LogP contribution is 2.35. The van der Waals surface area contributed by atoms with Crippen molar-refractivity contribution < 1.29 is 4.74 Å². The number of rotatable bonds is 6. The second kappa shape index (κ2) is 4.93. The summed E-state index contributed by atoms with van der Waals surface area (Å²) in [5.74, 6) is 1.61. The monoisotopic (exact) mass is 224 g/mol. The first kappa shape index (κ1) is 11.5. The number of aromatic nitrogens is 3. The molecular weight excluding hydrogens is 204 g/mol. The Hall–Kier alpha value is -0.940. The minimum atomic E-state index is 0.0204. The van der Waals surface area contributed by atoms with E-state index in [0.29, 0.717) is 5.92 Å². The zero-order valence-electron chi connectivity index (χ0n) is 9.97. The van der Waals surface area contributed by atoms with E-state index in [4.69, 9.17) is 10.5 Å². The number of nitrogens with zero attached hydrogens (tertiary/aromatic N) is 3. The molecule has 0 radical (unpaired) electrons. The van der Waals surface area contributed by atoms with Crippen LogP contribution in [0.5, 0.6) is 0 Å². The van der Waals surface area contributed by atoms with Gasteiger partial charge in [0.15, 0.2) is 0 Å². The second-order valence-electron chi connectivity index (χ2n) is 4.40. The summed E-state index contributed by atoms with van der Waals surface area (Å²) < 4.78 is 7.36. The van der Waals surface area contributed by atoms with Crippen molar-refractivity contribution in [2.75, 3.05) is 7.11 Å². The summed E-state index contributed by atoms with van der Waals surface area (Å²) in [6, 6.07) is 0.0204. The minimum Gasteiger partial charge on any atom is -0.380 e. The van der Waals surface area contributed by atoms with Gasteiger partial charge >= 0.3 is 0 Å². The molecule has 1 saturated carbocycles. The van der Waals surface area contributed by atoms with Gasteiger partial charge in [0, 0.05) is 26.1 Å². The molecule has 0 aromatic carbocycles. The molecule has 0 saturated heterocycles. The molecule has 5 nitrogen and oxygen atoms in total. The molecule has 5 heteroatoms. The number of methoxy groups -OCH3 is 1. The highest BCUT2D eigenvalue weighted by atomic mass is 16.5. The zero-order valence-corrected chi connectivity index (χ0v) is 9.97. The summed E-state index contributed by atoms with van der Waals surface area (Å²) in [7, 11) is 1.74. The highest BCUT2D eigenvalue weighted by Gasteiger charge is 2.35. The van der Waals surface area contributed by atoms with Crippen LogP contribution in [0.2, 0.25) is 0 Å². The molecule has 1 aliphatic carbocycles. The van der Waals surface area contributed by atoms with Gasteiger partial charge in [0.25, 0.3) is 0 Å². The number of hydrogen-bond acceptors (Lipinski definition) is 4. The van der Waals surface area contributed by atoms with Crippen LogP contribution in [0.3, 0.4) is 0 Å². The van der Waals surface area contributed by atoms with Crippen LogP contribution in [0, 0.1) is 5.92 Å². The molecule has 1 aromatic heterocycles. The topological polar surface area (TPSA) is 66.0 Å². The smallest absolute Gasteiger partial charge is 0.138 e. The third kappa shape index (κ3) is 2.41. The van der Waals surface area contributed by atoms with Gasteiger partial charge in [-0.1, -0.05) is 0 Å². The van der Waals surface area contributed by atoms with Crippen molar-refractivity contribution in [3.05, 3.63) is 12.2 Å². The van der Waals surface area contributed by atoms with Gasteiger partial charge in [0.05, 0.1) is 6.10 Å². The van der Waals surface area contributed by atoms with Crippen LogP contribution in [-0.4, -0.2) is 34.0 Å². The van der Waals surface area contributed by atoms with Crippen LogP contribution in [0.15, 0.2) is 6.33 Å². The molecular formula is C11H20N4O. The molecule has 2 N–H and O–H groups in total. The van der Waals surface area contributed by atoms with Crippen LogP contribution in [-0.2, 0) is 17.7 Å². The Bertz CT molecular complexity index is 334. The SMILES string of the molecule is CCn1ncnc1CC(N)C(OC)C1CC1. The first-order valence-corrected chi connectivity index (χ1v) is 5.91. The second-order valence-corrected chi connectivity index (χ2v) is 4.40. The van der Waals surface area contributed by atoms with E-state index in [2.05, 4.69) is 17.0 Å². The van der Waals surface area contributed by atoms with Gasteiger partial charge < -0.3 is 10.5 Å². The van der Waals surface area contributed by atoms with Crippen LogP contribution in [0.25, 0.3) is 0 Å². The van der Waals surface area contributed by atoms with E-state index in [9.17, 15) is 0 Å². The minimum absolute atomic E-state index is 0.0204. The lowest BCUT2D eigenvalue weighted by Crippen LogP contribution is -2.40. The van der Waals surface area contributed by atoms with E-state index in [-0.39, 0.29) is 12.1 Å². The predicted octanol–water partition coefficient (Wildman–Crippen LogP) is 0.593. The summed E-state index contributed by atoms with van der Waals surface area (Å²) in [5, 5.41) is 4.14. The first-order valence-electron chi connectivity index (χ1n) is 5.91. The summed E-state index contributed by atoms with van der Waals surface area (Å²) in [6.07, 6.45) is 4.98. The number of hydrogen-bond donors (Lipinski definition) is 1. The van der Waals surface area contributed by atoms with Crippen LogP contribution in [0.1, 0.15) is 25.6 Å². The molecule has 0 amide bonds. The van der Waals surface area contributed by atoms with Crippen molar-refractivity contribution in [1.29, 1.82) is 0 Å². The quantitative estimate of drug-likeness (QED) is 0.768. The van der Waals surface area contributed by atoms with Crippen molar-refractivity contribution in [1.82, 2.24) is 14.8 Å². The standard InChI is InChI=1S/C11H20N4O/c1-3-15-10(13-7-14-15)6-9(12)11(16-2)8-4-5-8/h7-9,11H,3-6,12H2,1-2H3. The van der Waals surface area contributed by atoms with E-state index in [1.807, 2.05) is 4.68 Å². The molecule has 0 bridgehead atoms. The fraction of sp³-hybridized carbons (Fsp3) is 0.818. The Balaban J connectivity index is 1.97. The van der Waals surface area contributed by atoms with Gasteiger partial charge in [0.2, 0.25) is 0 Å². The molecule has 90 valence electrons. The Morgan fingerprint density at radius 3 is 2.94 bits per heavy atom. The molecule has 2 unspecified atom stereocenters. The summed E-state index contributed by atoms with van der Waals surface area (Å²) >= 11 is 0. The van der Waals surface area contributed by atoms with Crippen molar-refractivity contribution in [2.45, 2.75) is 44.9 Å². The van der Waals surface area contributed by atoms with Gasteiger partial charge in [-0.3, -0.25) is 4.68 Å². The summed E-state index contributed by atoms with van der Waals surface area (Å²) in [6.45, 7) is 2.89. The summed E-state index contributed by atoms with van der Waals surface area (Å²) in [5.41, 5.74) is 6.18. The Morgan fingerprint density at radius 1 is 1.62 bits per heavy atom. The highest BCUT2D eigenvalue weighted by molar-refractivity contribution is 4.96. The van der Waals surface area contributed by atoms with Crippen molar-refractivity contribution in [3.8, 4) is 0 Å². The van der Waals surface area contributed by atoms with Gasteiger partial charge in [-0.2, -0.15) is 5.10 Å². The van der Waals surface area contributed by atoms with Crippen molar-refractivity contribution >= 4 is 0 Å². The van der Waals surface area contributed by atoms with Gasteiger partial charge in [-0.25, -0.2) is 4.98 Å². The number of ether oxygens (including phenoxy) is 1. The Kier molecular flexibility index (Phi) is 3.56. The molecule has 16 heavy (non-hydrogen) atoms. The fourth-order valence-electron chi connectivity index (χ4n) is 2.18. The molecule has 1 aromatic rings. The van der Waals surface area contributed by atoms with Gasteiger partial charge in [-0.15, -0.1) is 0 Å². The fourth-order valence-corrected chi connectivity index (χ4v) is 2.18. The molecule has 0 aliphatic heterocycles. The maximum absolute atomic E-state index is 6.18. The van der Waals surface area contributed by atoms with Crippen molar-refractivity contribution in [2.24, 2.45) is 11.7 Å². The Morgan fingerprint density at radius 2 is 2.38 bits per heavy atom. The van der Waals surface area contributed by atoms with E-state index >= 15 is 0 Å². The molecule has 0 spiro atoms. The van der Waals surface area contributed by atoms with Crippen LogP contribution in [0.4, 0.5) is 0 Å². The summed E-state index contributed by atoms with van der Waals surface area (Å²) in [4.78, 5) is 4.24. The number of nitrogens with two attached hydrogens (primary N) is 1. The normalized spacial score (nSPS) is 19.7. The van der Waals surface area contributed by atoms with E-state index in [0.717, 1.165) is 18.8 Å². The van der Waals surface area contributed by atoms with Gasteiger partial charge in [0.1, 0.15) is 12.2 Å². The molecule has 1 fully saturated rings. The maximum Gasteiger partial charge on any atom is 0.138 e. The molecule has 2 atom stereocenters. The lowest BCUT2D eigenvalue weighted by atomic mass is 10.0. The van der Waals surface area contributed by atoms with E-state index < -0.39 is 0 Å². The van der Waals surface area contributed by atoms with E-state index in [1.54, 1.807) is 13.4 Å². The van der Waals surface area contributed by atoms with Crippen molar-refractivity contribution in [3.63, 3.8) is 0 Å². The zero-order chi connectivity index (χ0) is 11.5. The predicted molar refractivity (Wildman–Crippen MR) is 60.9 cm³/mol. The third-order valence-electron chi connectivity index (χ3n) is 3.19. The first-order chi connectivity index (χ1) is 7.76. The average Bonchev–Trinajstić information content (AvgIpc) is 3.00. The third-order valence-corrected chi connectivity index (χ3v) is 3.19. The average molecular weight is 224 g/mol. The van der Waals surface area contributed by atoms with Crippen LogP contribution >= 0.6 is 0 Å². The van der Waals surface area contributed by atoms with Crippen LogP contribution < -0.4 is 5.73 Å². The number of aryl methyl sites for hydroxylation is 1. The maximum atomic E-state index is 6.18. The molecule has 2 rings (SSSR count). The van der Waals surface area contributed by atoms with Gasteiger partial charge in [-0.05, 0) is 25.7 Å². The lowest BCUT2D eigenvalue weighted by Gasteiger charge is -2.21. The molecule has 1 heterocycles. The largest absolute Gasteiger partial charge is 0.380 e.